The summed E-state index contributed by atoms with van der Waals surface area (Å²) in [6.07, 6.45) is 4.29. The first-order chi connectivity index (χ1) is 20.4. The van der Waals surface area contributed by atoms with Gasteiger partial charge in [-0.05, 0) is 38.1 Å². The fourth-order valence-corrected chi connectivity index (χ4v) is 7.27. The van der Waals surface area contributed by atoms with Crippen LogP contribution in [0.1, 0.15) is 30.9 Å². The van der Waals surface area contributed by atoms with Crippen molar-refractivity contribution in [2.24, 2.45) is 5.41 Å². The third-order valence-electron chi connectivity index (χ3n) is 9.21. The van der Waals surface area contributed by atoms with Gasteiger partial charge in [0.2, 0.25) is 0 Å². The van der Waals surface area contributed by atoms with Crippen LogP contribution in [-0.2, 0) is 4.84 Å². The summed E-state index contributed by atoms with van der Waals surface area (Å²) in [5, 5.41) is 4.86. The van der Waals surface area contributed by atoms with Crippen molar-refractivity contribution in [3.63, 3.8) is 0 Å². The number of nitrogens with zero attached hydrogens (tertiary/aromatic N) is 6. The number of methoxy groups -OCH3 is 1. The molecule has 0 radical (unpaired) electrons. The van der Waals surface area contributed by atoms with E-state index in [1.165, 1.54) is 56.5 Å². The minimum absolute atomic E-state index is 0.238. The van der Waals surface area contributed by atoms with Crippen molar-refractivity contribution in [1.82, 2.24) is 19.8 Å². The number of ether oxygens (including phenoxy) is 1. The molecule has 7 rings (SSSR count). The molecule has 4 saturated heterocycles. The predicted octanol–water partition coefficient (Wildman–Crippen LogP) is 4.61. The van der Waals surface area contributed by atoms with Crippen LogP contribution >= 0.6 is 0 Å². The van der Waals surface area contributed by atoms with Crippen LogP contribution in [0.3, 0.4) is 0 Å². The Hall–Kier alpha value is -3.54. The second-order valence-corrected chi connectivity index (χ2v) is 12.2. The Labute approximate surface area is 245 Å². The Bertz CT molecular complexity index is 1440. The van der Waals surface area contributed by atoms with Gasteiger partial charge in [-0.3, -0.25) is 9.74 Å². The number of anilines is 4. The van der Waals surface area contributed by atoms with Crippen LogP contribution < -0.4 is 20.0 Å². The van der Waals surface area contributed by atoms with E-state index in [-0.39, 0.29) is 5.56 Å². The number of benzene rings is 2. The highest BCUT2D eigenvalue weighted by atomic mass is 19.2. The molecule has 0 unspecified atom stereocenters. The Balaban J connectivity index is 1.01. The maximum absolute atomic E-state index is 14.6. The highest BCUT2D eigenvalue weighted by Gasteiger charge is 2.51. The van der Waals surface area contributed by atoms with Crippen LogP contribution in [0.2, 0.25) is 0 Å². The van der Waals surface area contributed by atoms with Gasteiger partial charge in [0.15, 0.2) is 17.5 Å². The molecule has 4 aliphatic rings. The van der Waals surface area contributed by atoms with Crippen molar-refractivity contribution in [3.8, 4) is 5.75 Å². The van der Waals surface area contributed by atoms with E-state index in [0.29, 0.717) is 41.9 Å². The van der Waals surface area contributed by atoms with Gasteiger partial charge in [-0.2, -0.15) is 0 Å². The SMILES string of the molecule is COc1cc(N2CCC(N3CC4(CN(C)C4)C3)CC2)ccc1Nc1cc(N2OCC[C@@H]2c2cccc(F)c2F)ncn1. The number of piperidine rings is 1. The molecule has 1 atom stereocenters. The third-order valence-corrected chi connectivity index (χ3v) is 9.21. The van der Waals surface area contributed by atoms with E-state index < -0.39 is 17.7 Å². The van der Waals surface area contributed by atoms with Crippen molar-refractivity contribution in [2.45, 2.75) is 31.3 Å². The minimum Gasteiger partial charge on any atom is -0.494 e. The summed E-state index contributed by atoms with van der Waals surface area (Å²) in [6.45, 7) is 7.45. The Morgan fingerprint density at radius 1 is 1.00 bits per heavy atom. The maximum Gasteiger partial charge on any atom is 0.164 e. The molecule has 222 valence electrons. The number of aromatic nitrogens is 2. The van der Waals surface area contributed by atoms with E-state index in [9.17, 15) is 8.78 Å². The molecule has 1 aromatic heterocycles. The lowest BCUT2D eigenvalue weighted by Crippen LogP contribution is -2.73. The van der Waals surface area contributed by atoms with Crippen molar-refractivity contribution < 1.29 is 18.4 Å². The van der Waals surface area contributed by atoms with Crippen molar-refractivity contribution in [3.05, 3.63) is 66.0 Å². The van der Waals surface area contributed by atoms with Gasteiger partial charge in [0, 0.05) is 80.5 Å². The average Bonchev–Trinajstić information content (AvgIpc) is 3.46. The summed E-state index contributed by atoms with van der Waals surface area (Å²) in [5.74, 6) is -0.0447. The molecular formula is C31H37F2N7O2. The molecule has 2 aromatic carbocycles. The quantitative estimate of drug-likeness (QED) is 0.434. The van der Waals surface area contributed by atoms with Gasteiger partial charge in [0.1, 0.15) is 17.9 Å². The zero-order valence-corrected chi connectivity index (χ0v) is 24.1. The summed E-state index contributed by atoms with van der Waals surface area (Å²) < 4.78 is 34.2. The van der Waals surface area contributed by atoms with Crippen LogP contribution in [0.5, 0.6) is 5.75 Å². The molecule has 9 nitrogen and oxygen atoms in total. The molecule has 0 saturated carbocycles. The Kier molecular flexibility index (Phi) is 7.11. The lowest BCUT2D eigenvalue weighted by Gasteiger charge is -2.62. The summed E-state index contributed by atoms with van der Waals surface area (Å²) in [4.78, 5) is 22.1. The molecule has 0 aliphatic carbocycles. The number of hydroxylamine groups is 1. The topological polar surface area (TPSA) is 69.2 Å². The van der Waals surface area contributed by atoms with Crippen molar-refractivity contribution in [1.29, 1.82) is 0 Å². The Morgan fingerprint density at radius 3 is 2.57 bits per heavy atom. The average molecular weight is 578 g/mol. The van der Waals surface area contributed by atoms with Gasteiger partial charge in [0.05, 0.1) is 25.4 Å². The van der Waals surface area contributed by atoms with Gasteiger partial charge in [-0.1, -0.05) is 12.1 Å². The van der Waals surface area contributed by atoms with Gasteiger partial charge in [-0.25, -0.2) is 23.8 Å². The molecular weight excluding hydrogens is 540 g/mol. The van der Waals surface area contributed by atoms with E-state index in [0.717, 1.165) is 30.5 Å². The molecule has 5 heterocycles. The monoisotopic (exact) mass is 577 g/mol. The number of likely N-dealkylation sites (tertiary alicyclic amines) is 2. The normalized spacial score (nSPS) is 22.7. The van der Waals surface area contributed by atoms with E-state index in [2.05, 4.69) is 49.2 Å². The van der Waals surface area contributed by atoms with Gasteiger partial charge in [-0.15, -0.1) is 0 Å². The molecule has 42 heavy (non-hydrogen) atoms. The first kappa shape index (κ1) is 27.3. The van der Waals surface area contributed by atoms with Crippen LogP contribution in [0.25, 0.3) is 0 Å². The molecule has 4 fully saturated rings. The number of rotatable bonds is 7. The highest BCUT2D eigenvalue weighted by molar-refractivity contribution is 5.70. The highest BCUT2D eigenvalue weighted by Crippen LogP contribution is 2.42. The minimum atomic E-state index is -0.879. The fourth-order valence-electron chi connectivity index (χ4n) is 7.27. The zero-order chi connectivity index (χ0) is 28.8. The van der Waals surface area contributed by atoms with Crippen LogP contribution in [0, 0.1) is 17.0 Å². The maximum atomic E-state index is 14.6. The smallest absolute Gasteiger partial charge is 0.164 e. The molecule has 1 N–H and O–H groups in total. The van der Waals surface area contributed by atoms with E-state index in [1.807, 2.05) is 6.07 Å². The lowest BCUT2D eigenvalue weighted by molar-refractivity contribution is -0.123. The fraction of sp³-hybridized carbons (Fsp3) is 0.484. The summed E-state index contributed by atoms with van der Waals surface area (Å²) in [7, 11) is 3.88. The molecule has 4 aliphatic heterocycles. The molecule has 1 spiro atoms. The van der Waals surface area contributed by atoms with Crippen molar-refractivity contribution >= 4 is 23.0 Å². The molecule has 11 heteroatoms. The molecule has 0 bridgehead atoms. The van der Waals surface area contributed by atoms with Crippen LogP contribution in [0.4, 0.5) is 31.8 Å². The zero-order valence-electron chi connectivity index (χ0n) is 24.1. The van der Waals surface area contributed by atoms with E-state index >= 15 is 0 Å². The van der Waals surface area contributed by atoms with Crippen LogP contribution in [0.15, 0.2) is 48.8 Å². The van der Waals surface area contributed by atoms with Gasteiger partial charge in [0.25, 0.3) is 0 Å². The van der Waals surface area contributed by atoms with Gasteiger partial charge >= 0.3 is 0 Å². The van der Waals surface area contributed by atoms with E-state index in [1.54, 1.807) is 19.2 Å². The second kappa shape index (κ2) is 10.9. The number of hydrogen-bond acceptors (Lipinski definition) is 9. The Morgan fingerprint density at radius 2 is 1.81 bits per heavy atom. The number of hydrogen-bond donors (Lipinski definition) is 1. The first-order valence-corrected chi connectivity index (χ1v) is 14.7. The predicted molar refractivity (Wildman–Crippen MR) is 157 cm³/mol. The summed E-state index contributed by atoms with van der Waals surface area (Å²) in [5.41, 5.74) is 2.73. The standard InChI is InChI=1S/C31H37F2N7O2/c1-37-16-31(17-37)18-39(19-31)21-8-11-38(12-9-21)22-6-7-25(27(14-22)41-2)36-28-15-29(35-20-34-28)40-26(10-13-42-40)23-4-3-5-24(32)30(23)33/h3-7,14-15,20-21,26H,8-13,16-19H2,1-2H3,(H,34,35,36)/t26-/m1/s1. The summed E-state index contributed by atoms with van der Waals surface area (Å²) in [6, 6.07) is 12.3. The molecule has 0 amide bonds. The first-order valence-electron chi connectivity index (χ1n) is 14.7. The van der Waals surface area contributed by atoms with Crippen molar-refractivity contribution in [2.75, 3.05) is 75.3 Å². The largest absolute Gasteiger partial charge is 0.494 e. The summed E-state index contributed by atoms with van der Waals surface area (Å²) >= 11 is 0. The van der Waals surface area contributed by atoms with Crippen LogP contribution in [-0.4, -0.2) is 85.8 Å². The lowest BCUT2D eigenvalue weighted by atomic mass is 9.72. The van der Waals surface area contributed by atoms with Gasteiger partial charge < -0.3 is 19.9 Å². The van der Waals surface area contributed by atoms with E-state index in [4.69, 9.17) is 9.57 Å². The second-order valence-electron chi connectivity index (χ2n) is 12.2. The third kappa shape index (κ3) is 5.03. The number of halogens is 2. The number of nitrogens with one attached hydrogen (secondary N) is 1. The molecule has 3 aromatic rings.